The molecule has 0 N–H and O–H groups in total. The van der Waals surface area contributed by atoms with Gasteiger partial charge >= 0.3 is 51.4 Å². The van der Waals surface area contributed by atoms with Gasteiger partial charge in [0.2, 0.25) is 0 Å². The zero-order chi connectivity index (χ0) is 28.9. The molecule has 0 aliphatic carbocycles. The predicted molar refractivity (Wildman–Crippen MR) is 172 cm³/mol. The number of hydrogen-bond donors (Lipinski definition) is 0. The molecule has 0 saturated carbocycles. The molecule has 0 aromatic heterocycles. The van der Waals surface area contributed by atoms with Crippen LogP contribution in [0, 0.1) is 0 Å². The molecule has 2 aromatic rings. The summed E-state index contributed by atoms with van der Waals surface area (Å²) in [5, 5.41) is 1.47. The first-order chi connectivity index (χ1) is 19.5. The van der Waals surface area contributed by atoms with Crippen molar-refractivity contribution >= 4 is 20.9 Å². The fourth-order valence-electron chi connectivity index (χ4n) is 6.02. The van der Waals surface area contributed by atoms with Crippen molar-refractivity contribution < 1.29 is 64.4 Å². The molecule has 5 heteroatoms. The minimum absolute atomic E-state index is 0. The van der Waals surface area contributed by atoms with E-state index in [9.17, 15) is 13.0 Å². The second kappa shape index (κ2) is 24.6. The quantitative estimate of drug-likeness (QED) is 0.0644. The molecular formula is C36H59KO3S. The van der Waals surface area contributed by atoms with E-state index in [1.54, 1.807) is 0 Å². The minimum atomic E-state index is -4.53. The molecule has 0 bridgehead atoms. The smallest absolute Gasteiger partial charge is 0.744 e. The maximum absolute atomic E-state index is 12.3. The van der Waals surface area contributed by atoms with Crippen molar-refractivity contribution in [2.24, 2.45) is 0 Å². The number of aryl methyl sites for hydroxylation is 2. The van der Waals surface area contributed by atoms with Crippen LogP contribution in [0.3, 0.4) is 0 Å². The van der Waals surface area contributed by atoms with E-state index < -0.39 is 10.1 Å². The molecule has 3 nitrogen and oxygen atoms in total. The Balaban J connectivity index is 0.00000840. The van der Waals surface area contributed by atoms with Gasteiger partial charge in [-0.25, -0.2) is 8.42 Å². The van der Waals surface area contributed by atoms with Crippen LogP contribution in [0.1, 0.15) is 166 Å². The summed E-state index contributed by atoms with van der Waals surface area (Å²) in [4.78, 5) is 0.0123. The molecule has 2 rings (SSSR count). The molecule has 0 heterocycles. The second-order valence-corrected chi connectivity index (χ2v) is 13.5. The van der Waals surface area contributed by atoms with Gasteiger partial charge in [0.05, 0.1) is 4.90 Å². The molecular weight excluding hydrogens is 552 g/mol. The van der Waals surface area contributed by atoms with E-state index in [-0.39, 0.29) is 56.3 Å². The van der Waals surface area contributed by atoms with Crippen molar-refractivity contribution in [1.29, 1.82) is 0 Å². The Kier molecular flexibility index (Phi) is 23.5. The van der Waals surface area contributed by atoms with Crippen molar-refractivity contribution in [1.82, 2.24) is 0 Å². The maximum Gasteiger partial charge on any atom is 1.00 e. The zero-order valence-electron chi connectivity index (χ0n) is 27.0. The fourth-order valence-corrected chi connectivity index (χ4v) is 6.96. The Labute approximate surface area is 296 Å². The van der Waals surface area contributed by atoms with Gasteiger partial charge < -0.3 is 4.55 Å². The van der Waals surface area contributed by atoms with Crippen molar-refractivity contribution in [2.75, 3.05) is 0 Å². The average Bonchev–Trinajstić information content (AvgIpc) is 2.93. The first-order valence-electron chi connectivity index (χ1n) is 17.0. The van der Waals surface area contributed by atoms with Gasteiger partial charge in [-0.1, -0.05) is 173 Å². The van der Waals surface area contributed by atoms with E-state index in [0.717, 1.165) is 31.1 Å². The van der Waals surface area contributed by atoms with Gasteiger partial charge in [-0.3, -0.25) is 0 Å². The monoisotopic (exact) mass is 610 g/mol. The van der Waals surface area contributed by atoms with E-state index in [0.29, 0.717) is 17.4 Å². The number of benzene rings is 2. The van der Waals surface area contributed by atoms with Gasteiger partial charge in [-0.05, 0) is 47.6 Å². The van der Waals surface area contributed by atoms with E-state index >= 15 is 0 Å². The van der Waals surface area contributed by atoms with Gasteiger partial charge in [0.25, 0.3) is 0 Å². The first-order valence-corrected chi connectivity index (χ1v) is 18.4. The van der Waals surface area contributed by atoms with Crippen LogP contribution in [0.2, 0.25) is 0 Å². The summed E-state index contributed by atoms with van der Waals surface area (Å²) in [6.07, 6.45) is 30.1. The molecule has 41 heavy (non-hydrogen) atoms. The number of rotatable bonds is 25. The van der Waals surface area contributed by atoms with Crippen LogP contribution in [0.4, 0.5) is 0 Å². The standard InChI is InChI=1S/C36H60O3S.K/c1-3-5-7-9-11-13-15-17-19-21-23-25-32-27-30-35-34(31-32)29-28-33(36(35)40(37,38)39)26-24-22-20-18-16-14-12-10-8-6-4-2;/h27-31H,3-26H2,1-2H3,(H,37,38,39);/q;+1/p-1. The molecule has 0 atom stereocenters. The maximum atomic E-state index is 12.3. The Morgan fingerprint density at radius 1 is 0.537 bits per heavy atom. The van der Waals surface area contributed by atoms with Crippen LogP contribution in [0.25, 0.3) is 10.8 Å². The van der Waals surface area contributed by atoms with Crippen molar-refractivity contribution in [3.05, 3.63) is 41.5 Å². The van der Waals surface area contributed by atoms with E-state index in [2.05, 4.69) is 19.9 Å². The Bertz CT molecular complexity index is 1030. The fraction of sp³-hybridized carbons (Fsp3) is 0.722. The predicted octanol–water partition coefficient (Wildman–Crippen LogP) is 8.45. The summed E-state index contributed by atoms with van der Waals surface area (Å²) in [7, 11) is -4.53. The molecule has 0 unspecified atom stereocenters. The van der Waals surface area contributed by atoms with Crippen LogP contribution in [-0.2, 0) is 23.0 Å². The summed E-state index contributed by atoms with van der Waals surface area (Å²) in [6, 6.07) is 9.89. The van der Waals surface area contributed by atoms with Crippen LogP contribution in [-0.4, -0.2) is 13.0 Å². The van der Waals surface area contributed by atoms with E-state index in [1.165, 1.54) is 128 Å². The molecule has 2 aromatic carbocycles. The SMILES string of the molecule is CCCCCCCCCCCCCc1ccc2c(S(=O)(=O)[O-])c(CCCCCCCCCCCCC)ccc2c1.[K+]. The number of fused-ring (bicyclic) bond motifs is 1. The van der Waals surface area contributed by atoms with E-state index in [4.69, 9.17) is 0 Å². The van der Waals surface area contributed by atoms with Gasteiger partial charge in [0.15, 0.2) is 0 Å². The van der Waals surface area contributed by atoms with Crippen molar-refractivity contribution in [2.45, 2.75) is 173 Å². The van der Waals surface area contributed by atoms with E-state index in [1.807, 2.05) is 24.3 Å². The van der Waals surface area contributed by atoms with Gasteiger partial charge in [-0.2, -0.15) is 0 Å². The summed E-state index contributed by atoms with van der Waals surface area (Å²) < 4.78 is 36.8. The summed E-state index contributed by atoms with van der Waals surface area (Å²) >= 11 is 0. The molecule has 0 saturated heterocycles. The van der Waals surface area contributed by atoms with Gasteiger partial charge in [0.1, 0.15) is 10.1 Å². The largest absolute Gasteiger partial charge is 1.00 e. The third-order valence-corrected chi connectivity index (χ3v) is 9.47. The van der Waals surface area contributed by atoms with Crippen molar-refractivity contribution in [3.8, 4) is 0 Å². The number of hydrogen-bond acceptors (Lipinski definition) is 3. The molecule has 0 spiro atoms. The zero-order valence-corrected chi connectivity index (χ0v) is 30.9. The Hall–Kier alpha value is 0.246. The summed E-state index contributed by atoms with van der Waals surface area (Å²) in [6.45, 7) is 4.52. The third kappa shape index (κ3) is 17.4. The molecule has 0 radical (unpaired) electrons. The van der Waals surface area contributed by atoms with Gasteiger partial charge in [-0.15, -0.1) is 0 Å². The Morgan fingerprint density at radius 2 is 0.951 bits per heavy atom. The van der Waals surface area contributed by atoms with Crippen LogP contribution in [0.15, 0.2) is 35.2 Å². The van der Waals surface area contributed by atoms with Crippen LogP contribution < -0.4 is 51.4 Å². The first kappa shape index (κ1) is 39.3. The summed E-state index contributed by atoms with van der Waals surface area (Å²) in [5.74, 6) is 0. The molecule has 0 aliphatic heterocycles. The minimum Gasteiger partial charge on any atom is -0.744 e. The number of unbranched alkanes of at least 4 members (excludes halogenated alkanes) is 20. The second-order valence-electron chi connectivity index (χ2n) is 12.1. The average molecular weight is 611 g/mol. The summed E-state index contributed by atoms with van der Waals surface area (Å²) in [5.41, 5.74) is 1.92. The van der Waals surface area contributed by atoms with Crippen LogP contribution >= 0.6 is 0 Å². The topological polar surface area (TPSA) is 57.2 Å². The molecule has 0 fully saturated rings. The van der Waals surface area contributed by atoms with Crippen LogP contribution in [0.5, 0.6) is 0 Å². The third-order valence-electron chi connectivity index (χ3n) is 8.49. The molecule has 0 aliphatic rings. The van der Waals surface area contributed by atoms with Crippen molar-refractivity contribution in [3.63, 3.8) is 0 Å². The molecule has 228 valence electrons. The Morgan fingerprint density at radius 3 is 1.39 bits per heavy atom. The van der Waals surface area contributed by atoms with Gasteiger partial charge in [0, 0.05) is 0 Å². The normalized spacial score (nSPS) is 11.7. The molecule has 0 amide bonds.